The molecular weight excluding hydrogens is 250 g/mol. The lowest BCUT2D eigenvalue weighted by atomic mass is 9.96. The van der Waals surface area contributed by atoms with Gasteiger partial charge in [-0.15, -0.1) is 0 Å². The Morgan fingerprint density at radius 2 is 1.79 bits per heavy atom. The molecule has 0 spiro atoms. The lowest BCUT2D eigenvalue weighted by Crippen LogP contribution is -2.39. The van der Waals surface area contributed by atoms with Crippen LogP contribution >= 0.6 is 0 Å². The average Bonchev–Trinajstić information content (AvgIpc) is 2.41. The Hall–Kier alpha value is -2.31. The van der Waals surface area contributed by atoms with E-state index in [2.05, 4.69) is 4.99 Å². The summed E-state index contributed by atoms with van der Waals surface area (Å²) in [4.78, 5) is 27.9. The van der Waals surface area contributed by atoms with Gasteiger partial charge in [0.15, 0.2) is 0 Å². The van der Waals surface area contributed by atoms with Crippen LogP contribution in [-0.2, 0) is 4.79 Å². The lowest BCUT2D eigenvalue weighted by molar-refractivity contribution is -0.123. The van der Waals surface area contributed by atoms with Gasteiger partial charge in [0.2, 0.25) is 5.91 Å². The van der Waals surface area contributed by atoms with E-state index < -0.39 is 6.09 Å². The summed E-state index contributed by atoms with van der Waals surface area (Å²) in [5.41, 5.74) is 0. The third kappa shape index (κ3) is 3.34. The second-order valence-corrected chi connectivity index (χ2v) is 4.43. The summed E-state index contributed by atoms with van der Waals surface area (Å²) < 4.78 is 0.870. The van der Waals surface area contributed by atoms with Gasteiger partial charge in [-0.1, -0.05) is 0 Å². The molecule has 1 aliphatic rings. The fourth-order valence-electron chi connectivity index (χ4n) is 2.02. The van der Waals surface area contributed by atoms with Crippen molar-refractivity contribution in [3.05, 3.63) is 29.9 Å². The maximum absolute atomic E-state index is 11.9. The molecule has 0 aromatic carbocycles. The number of piperidine rings is 1. The fraction of sp³-hybridized carbons (Fsp3) is 0.417. The molecule has 2 heterocycles. The van der Waals surface area contributed by atoms with E-state index in [0.29, 0.717) is 31.3 Å². The molecule has 102 valence electrons. The maximum Gasteiger partial charge on any atom is 0.407 e. The summed E-state index contributed by atoms with van der Waals surface area (Å²) in [5, 5.41) is 18.3. The van der Waals surface area contributed by atoms with Gasteiger partial charge in [-0.2, -0.15) is 0 Å². The molecule has 19 heavy (non-hydrogen) atoms. The Labute approximate surface area is 109 Å². The first-order valence-electron chi connectivity index (χ1n) is 6.00. The summed E-state index contributed by atoms with van der Waals surface area (Å²) in [6.07, 6.45) is 2.83. The van der Waals surface area contributed by atoms with Gasteiger partial charge in [0.1, 0.15) is 0 Å². The van der Waals surface area contributed by atoms with Gasteiger partial charge in [-0.05, 0) is 25.0 Å². The summed E-state index contributed by atoms with van der Waals surface area (Å²) in [6, 6.07) is 3.06. The van der Waals surface area contributed by atoms with Gasteiger partial charge in [-0.25, -0.2) is 14.5 Å². The van der Waals surface area contributed by atoms with Crippen molar-refractivity contribution in [2.24, 2.45) is 10.9 Å². The Bertz CT molecular complexity index is 524. The number of aromatic nitrogens is 1. The van der Waals surface area contributed by atoms with Crippen molar-refractivity contribution in [3.8, 4) is 0 Å². The molecule has 0 saturated carbocycles. The van der Waals surface area contributed by atoms with E-state index in [1.807, 2.05) is 0 Å². The minimum absolute atomic E-state index is 0.225. The van der Waals surface area contributed by atoms with Crippen molar-refractivity contribution >= 4 is 12.0 Å². The molecule has 2 rings (SSSR count). The van der Waals surface area contributed by atoms with Crippen LogP contribution in [0, 0.1) is 5.92 Å². The highest BCUT2D eigenvalue weighted by molar-refractivity contribution is 5.80. The van der Waals surface area contributed by atoms with E-state index in [1.165, 1.54) is 29.4 Å². The van der Waals surface area contributed by atoms with E-state index in [-0.39, 0.29) is 11.8 Å². The number of nitrogens with zero attached hydrogens (tertiary/aromatic N) is 3. The van der Waals surface area contributed by atoms with Crippen LogP contribution in [0.1, 0.15) is 12.8 Å². The largest absolute Gasteiger partial charge is 0.465 e. The van der Waals surface area contributed by atoms with E-state index in [4.69, 9.17) is 10.3 Å². The molecule has 2 amide bonds. The highest BCUT2D eigenvalue weighted by Gasteiger charge is 2.26. The molecule has 1 aromatic heterocycles. The molecule has 1 aromatic rings. The number of carbonyl (C=O) groups excluding carboxylic acids is 1. The minimum Gasteiger partial charge on any atom is -0.465 e. The third-order valence-electron chi connectivity index (χ3n) is 3.15. The molecule has 1 saturated heterocycles. The number of hydrogen-bond acceptors (Lipinski definition) is 3. The SMILES string of the molecule is O=C(N=c1ccn(O)cc1)C1CCN(C(=O)O)CC1. The van der Waals surface area contributed by atoms with Gasteiger partial charge >= 0.3 is 6.09 Å². The Morgan fingerprint density at radius 3 is 2.32 bits per heavy atom. The van der Waals surface area contributed by atoms with Gasteiger partial charge in [0.25, 0.3) is 0 Å². The molecule has 7 nitrogen and oxygen atoms in total. The normalized spacial score (nSPS) is 16.1. The van der Waals surface area contributed by atoms with Gasteiger partial charge in [-0.3, -0.25) is 4.79 Å². The van der Waals surface area contributed by atoms with E-state index >= 15 is 0 Å². The summed E-state index contributed by atoms with van der Waals surface area (Å²) in [7, 11) is 0. The van der Waals surface area contributed by atoms with Crippen LogP contribution < -0.4 is 5.36 Å². The number of likely N-dealkylation sites (tertiary alicyclic amines) is 1. The predicted molar refractivity (Wildman–Crippen MR) is 64.5 cm³/mol. The number of carboxylic acid groups (broad SMARTS) is 1. The van der Waals surface area contributed by atoms with E-state index in [9.17, 15) is 9.59 Å². The first-order valence-corrected chi connectivity index (χ1v) is 6.00. The minimum atomic E-state index is -0.946. The van der Waals surface area contributed by atoms with E-state index in [1.54, 1.807) is 0 Å². The first-order chi connectivity index (χ1) is 9.06. The Kier molecular flexibility index (Phi) is 3.84. The Balaban J connectivity index is 2.00. The summed E-state index contributed by atoms with van der Waals surface area (Å²) in [6.45, 7) is 0.735. The standard InChI is InChI=1S/C12H15N3O4/c16-11(13-10-3-7-15(19)8-4-10)9-1-5-14(6-2-9)12(17)18/h3-4,7-9,19H,1-2,5-6H2,(H,17,18). The van der Waals surface area contributed by atoms with Crippen LogP contribution in [0.15, 0.2) is 29.5 Å². The molecule has 0 aliphatic carbocycles. The smallest absolute Gasteiger partial charge is 0.407 e. The van der Waals surface area contributed by atoms with Gasteiger partial charge < -0.3 is 15.2 Å². The number of hydrogen-bond donors (Lipinski definition) is 2. The highest BCUT2D eigenvalue weighted by atomic mass is 16.5. The fourth-order valence-corrected chi connectivity index (χ4v) is 2.02. The molecule has 0 atom stereocenters. The van der Waals surface area contributed by atoms with Crippen molar-refractivity contribution in [1.29, 1.82) is 0 Å². The topological polar surface area (TPSA) is 95.1 Å². The summed E-state index contributed by atoms with van der Waals surface area (Å²) >= 11 is 0. The molecular formula is C12H15N3O4. The predicted octanol–water partition coefficient (Wildman–Crippen LogP) is 0.543. The second-order valence-electron chi connectivity index (χ2n) is 4.43. The average molecular weight is 265 g/mol. The third-order valence-corrected chi connectivity index (χ3v) is 3.15. The molecule has 2 N–H and O–H groups in total. The van der Waals surface area contributed by atoms with Crippen LogP contribution in [0.25, 0.3) is 0 Å². The number of pyridine rings is 1. The van der Waals surface area contributed by atoms with Crippen LogP contribution in [0.2, 0.25) is 0 Å². The van der Waals surface area contributed by atoms with Crippen molar-refractivity contribution in [2.75, 3.05) is 13.1 Å². The molecule has 7 heteroatoms. The van der Waals surface area contributed by atoms with Crippen LogP contribution in [-0.4, -0.2) is 45.0 Å². The number of carbonyl (C=O) groups is 2. The highest BCUT2D eigenvalue weighted by Crippen LogP contribution is 2.18. The van der Waals surface area contributed by atoms with E-state index in [0.717, 1.165) is 4.73 Å². The van der Waals surface area contributed by atoms with Gasteiger partial charge in [0, 0.05) is 31.4 Å². The van der Waals surface area contributed by atoms with Gasteiger partial charge in [0.05, 0.1) is 5.36 Å². The molecule has 1 aliphatic heterocycles. The zero-order chi connectivity index (χ0) is 13.8. The monoisotopic (exact) mass is 265 g/mol. The molecule has 1 fully saturated rings. The van der Waals surface area contributed by atoms with Crippen molar-refractivity contribution in [2.45, 2.75) is 12.8 Å². The van der Waals surface area contributed by atoms with Crippen molar-refractivity contribution in [1.82, 2.24) is 9.63 Å². The maximum atomic E-state index is 11.9. The lowest BCUT2D eigenvalue weighted by Gasteiger charge is -2.27. The van der Waals surface area contributed by atoms with Crippen molar-refractivity contribution < 1.29 is 19.9 Å². The zero-order valence-corrected chi connectivity index (χ0v) is 10.3. The van der Waals surface area contributed by atoms with Crippen LogP contribution in [0.5, 0.6) is 0 Å². The molecule has 0 unspecified atom stereocenters. The van der Waals surface area contributed by atoms with Crippen molar-refractivity contribution in [3.63, 3.8) is 0 Å². The summed E-state index contributed by atoms with van der Waals surface area (Å²) in [5.74, 6) is -0.460. The zero-order valence-electron chi connectivity index (χ0n) is 10.3. The quantitative estimate of drug-likeness (QED) is 0.724. The van der Waals surface area contributed by atoms with Crippen LogP contribution in [0.4, 0.5) is 4.79 Å². The molecule has 0 radical (unpaired) electrons. The number of amides is 2. The molecule has 0 bridgehead atoms. The first kappa shape index (κ1) is 13.1. The number of rotatable bonds is 1. The Morgan fingerprint density at radius 1 is 1.21 bits per heavy atom. The van der Waals surface area contributed by atoms with Crippen LogP contribution in [0.3, 0.4) is 0 Å². The second kappa shape index (κ2) is 5.55.